The average molecular weight is 291 g/mol. The molecule has 1 N–H and O–H groups in total. The number of hydrogen-bond donors (Lipinski definition) is 1. The molecule has 0 radical (unpaired) electrons. The number of aromatic nitrogens is 1. The van der Waals surface area contributed by atoms with E-state index in [0.29, 0.717) is 6.54 Å². The number of rotatable bonds is 6. The number of carbonyl (C=O) groups is 1. The van der Waals surface area contributed by atoms with Gasteiger partial charge in [-0.3, -0.25) is 4.79 Å². The quantitative estimate of drug-likeness (QED) is 0.870. The Morgan fingerprint density at radius 2 is 2.24 bits per heavy atom. The Bertz CT molecular complexity index is 459. The van der Waals surface area contributed by atoms with Crippen LogP contribution in [0.3, 0.4) is 0 Å². The zero-order valence-electron chi connectivity index (χ0n) is 13.0. The van der Waals surface area contributed by atoms with Crippen LogP contribution in [-0.4, -0.2) is 37.2 Å². The van der Waals surface area contributed by atoms with Gasteiger partial charge in [0.2, 0.25) is 5.91 Å². The number of hydrogen-bond acceptors (Lipinski definition) is 4. The van der Waals surface area contributed by atoms with Gasteiger partial charge in [-0.05, 0) is 24.1 Å². The van der Waals surface area contributed by atoms with E-state index in [1.807, 2.05) is 19.2 Å². The molecule has 0 aromatic carbocycles. The summed E-state index contributed by atoms with van der Waals surface area (Å²) in [5.41, 5.74) is 1.09. The number of anilines is 1. The number of morpholine rings is 1. The third kappa shape index (κ3) is 4.70. The molecule has 0 saturated carbocycles. The zero-order valence-corrected chi connectivity index (χ0v) is 13.0. The summed E-state index contributed by atoms with van der Waals surface area (Å²) in [6.45, 7) is 7.87. The van der Waals surface area contributed by atoms with Crippen molar-refractivity contribution in [3.8, 4) is 0 Å². The maximum Gasteiger partial charge on any atom is 0.223 e. The molecule has 1 aliphatic rings. The van der Waals surface area contributed by atoms with Crippen LogP contribution in [0.1, 0.15) is 32.3 Å². The highest BCUT2D eigenvalue weighted by atomic mass is 16.5. The van der Waals surface area contributed by atoms with Gasteiger partial charge in [0.05, 0.1) is 13.2 Å². The Hall–Kier alpha value is -1.62. The Balaban J connectivity index is 1.90. The van der Waals surface area contributed by atoms with Crippen LogP contribution in [0.4, 0.5) is 5.82 Å². The second-order valence-electron chi connectivity index (χ2n) is 5.53. The number of nitrogens with zero attached hydrogens (tertiary/aromatic N) is 2. The zero-order chi connectivity index (χ0) is 15.1. The molecule has 116 valence electrons. The van der Waals surface area contributed by atoms with Crippen LogP contribution in [0.5, 0.6) is 0 Å². The lowest BCUT2D eigenvalue weighted by atomic mass is 10.1. The van der Waals surface area contributed by atoms with Gasteiger partial charge in [0.15, 0.2) is 0 Å². The summed E-state index contributed by atoms with van der Waals surface area (Å²) in [6, 6.07) is 4.00. The first-order valence-corrected chi connectivity index (χ1v) is 7.76. The maximum atomic E-state index is 11.9. The van der Waals surface area contributed by atoms with E-state index in [-0.39, 0.29) is 11.8 Å². The fraction of sp³-hybridized carbons (Fsp3) is 0.625. The predicted octanol–water partition coefficient (Wildman–Crippen LogP) is 1.97. The van der Waals surface area contributed by atoms with Crippen LogP contribution in [0.25, 0.3) is 0 Å². The number of carbonyl (C=O) groups excluding carboxylic acids is 1. The summed E-state index contributed by atoms with van der Waals surface area (Å²) in [5.74, 6) is 1.17. The first kappa shape index (κ1) is 15.8. The van der Waals surface area contributed by atoms with Gasteiger partial charge in [0.1, 0.15) is 5.82 Å². The van der Waals surface area contributed by atoms with Crippen molar-refractivity contribution in [3.63, 3.8) is 0 Å². The largest absolute Gasteiger partial charge is 0.378 e. The van der Waals surface area contributed by atoms with Crippen LogP contribution in [0, 0.1) is 5.92 Å². The Labute approximate surface area is 126 Å². The summed E-state index contributed by atoms with van der Waals surface area (Å²) in [6.07, 6.45) is 3.77. The number of nitrogens with one attached hydrogen (secondary N) is 1. The molecule has 1 atom stereocenters. The fourth-order valence-electron chi connectivity index (χ4n) is 2.46. The average Bonchev–Trinajstić information content (AvgIpc) is 2.54. The topological polar surface area (TPSA) is 54.5 Å². The van der Waals surface area contributed by atoms with Crippen molar-refractivity contribution in [2.75, 3.05) is 31.2 Å². The Morgan fingerprint density at radius 1 is 1.48 bits per heavy atom. The highest BCUT2D eigenvalue weighted by molar-refractivity contribution is 5.78. The fourth-order valence-corrected chi connectivity index (χ4v) is 2.46. The minimum Gasteiger partial charge on any atom is -0.378 e. The Morgan fingerprint density at radius 3 is 2.95 bits per heavy atom. The maximum absolute atomic E-state index is 11.9. The number of amides is 1. The third-order valence-electron chi connectivity index (χ3n) is 3.78. The summed E-state index contributed by atoms with van der Waals surface area (Å²) in [7, 11) is 0. The van der Waals surface area contributed by atoms with Gasteiger partial charge in [0, 0.05) is 31.7 Å². The normalized spacial score (nSPS) is 16.6. The molecule has 1 unspecified atom stereocenters. The first-order chi connectivity index (χ1) is 10.2. The van der Waals surface area contributed by atoms with Crippen molar-refractivity contribution >= 4 is 11.7 Å². The van der Waals surface area contributed by atoms with Gasteiger partial charge < -0.3 is 15.0 Å². The molecular formula is C16H25N3O2. The molecule has 0 aliphatic carbocycles. The van der Waals surface area contributed by atoms with Gasteiger partial charge in [-0.15, -0.1) is 0 Å². The lowest BCUT2D eigenvalue weighted by molar-refractivity contribution is -0.124. The van der Waals surface area contributed by atoms with E-state index in [1.165, 1.54) is 0 Å². The summed E-state index contributed by atoms with van der Waals surface area (Å²) < 4.78 is 5.35. The van der Waals surface area contributed by atoms with E-state index < -0.39 is 0 Å². The summed E-state index contributed by atoms with van der Waals surface area (Å²) >= 11 is 0. The molecule has 1 aliphatic heterocycles. The van der Waals surface area contributed by atoms with Crippen LogP contribution in [-0.2, 0) is 16.1 Å². The van der Waals surface area contributed by atoms with Crippen molar-refractivity contribution in [3.05, 3.63) is 23.9 Å². The molecule has 0 spiro atoms. The SMILES string of the molecule is CCCC(C)C(=O)NCc1ccnc(N2CCOCC2)c1. The van der Waals surface area contributed by atoms with Crippen LogP contribution in [0.15, 0.2) is 18.3 Å². The van der Waals surface area contributed by atoms with Gasteiger partial charge in [-0.25, -0.2) is 4.98 Å². The van der Waals surface area contributed by atoms with Crippen LogP contribution < -0.4 is 10.2 Å². The van der Waals surface area contributed by atoms with Crippen molar-refractivity contribution in [2.45, 2.75) is 33.2 Å². The van der Waals surface area contributed by atoms with Crippen LogP contribution in [0.2, 0.25) is 0 Å². The molecular weight excluding hydrogens is 266 g/mol. The van der Waals surface area contributed by atoms with E-state index in [0.717, 1.165) is 50.5 Å². The van der Waals surface area contributed by atoms with Crippen molar-refractivity contribution in [1.29, 1.82) is 0 Å². The van der Waals surface area contributed by atoms with Crippen molar-refractivity contribution in [2.24, 2.45) is 5.92 Å². The molecule has 2 rings (SSSR count). The summed E-state index contributed by atoms with van der Waals surface area (Å²) in [5, 5.41) is 3.00. The molecule has 0 bridgehead atoms. The molecule has 5 nitrogen and oxygen atoms in total. The minimum absolute atomic E-state index is 0.0792. The van der Waals surface area contributed by atoms with E-state index >= 15 is 0 Å². The monoisotopic (exact) mass is 291 g/mol. The van der Waals surface area contributed by atoms with E-state index in [2.05, 4.69) is 28.2 Å². The molecule has 1 aromatic heterocycles. The lowest BCUT2D eigenvalue weighted by Gasteiger charge is -2.28. The summed E-state index contributed by atoms with van der Waals surface area (Å²) in [4.78, 5) is 18.6. The highest BCUT2D eigenvalue weighted by Gasteiger charge is 2.14. The van der Waals surface area contributed by atoms with Gasteiger partial charge in [0.25, 0.3) is 0 Å². The number of ether oxygens (including phenoxy) is 1. The van der Waals surface area contributed by atoms with E-state index in [1.54, 1.807) is 0 Å². The molecule has 1 fully saturated rings. The minimum atomic E-state index is 0.0792. The van der Waals surface area contributed by atoms with E-state index in [9.17, 15) is 4.79 Å². The molecule has 1 saturated heterocycles. The van der Waals surface area contributed by atoms with Crippen molar-refractivity contribution < 1.29 is 9.53 Å². The van der Waals surface area contributed by atoms with Gasteiger partial charge in [-0.1, -0.05) is 20.3 Å². The van der Waals surface area contributed by atoms with Crippen LogP contribution >= 0.6 is 0 Å². The predicted molar refractivity (Wildman–Crippen MR) is 83.2 cm³/mol. The first-order valence-electron chi connectivity index (χ1n) is 7.76. The molecule has 2 heterocycles. The standard InChI is InChI=1S/C16H25N3O2/c1-3-4-13(2)16(20)18-12-14-5-6-17-15(11-14)19-7-9-21-10-8-19/h5-6,11,13H,3-4,7-10,12H2,1-2H3,(H,18,20). The molecule has 5 heteroatoms. The van der Waals surface area contributed by atoms with E-state index in [4.69, 9.17) is 4.74 Å². The second-order valence-corrected chi connectivity index (χ2v) is 5.53. The van der Waals surface area contributed by atoms with Gasteiger partial charge in [-0.2, -0.15) is 0 Å². The second kappa shape index (κ2) is 7.98. The molecule has 1 aromatic rings. The Kier molecular flexibility index (Phi) is 5.99. The number of pyridine rings is 1. The highest BCUT2D eigenvalue weighted by Crippen LogP contribution is 2.14. The van der Waals surface area contributed by atoms with Crippen molar-refractivity contribution in [1.82, 2.24) is 10.3 Å². The van der Waals surface area contributed by atoms with Gasteiger partial charge >= 0.3 is 0 Å². The smallest absolute Gasteiger partial charge is 0.223 e. The lowest BCUT2D eigenvalue weighted by Crippen LogP contribution is -2.36. The molecule has 1 amide bonds. The molecule has 21 heavy (non-hydrogen) atoms. The third-order valence-corrected chi connectivity index (χ3v) is 3.78.